The van der Waals surface area contributed by atoms with Crippen LogP contribution in [0, 0.1) is 0 Å². The Balaban J connectivity index is 1.97. The molecule has 4 rings (SSSR count). The van der Waals surface area contributed by atoms with Crippen LogP contribution in [0.2, 0.25) is 0 Å². The van der Waals surface area contributed by atoms with E-state index in [0.29, 0.717) is 10.3 Å². The van der Waals surface area contributed by atoms with Gasteiger partial charge in [0.2, 0.25) is 0 Å². The Kier molecular flexibility index (Phi) is 4.28. The second kappa shape index (κ2) is 6.63. The number of nitrogens with zero attached hydrogens (tertiary/aromatic N) is 3. The first-order valence-electron chi connectivity index (χ1n) is 8.71. The standard InChI is InChI=1S/C21H19N3O2S/c1-12(2)24(3)19-18(15-9-8-13-6-4-5-7-14(13)10-15)22-16-11-17(21(25)26)27-20(16)23-19/h4-12H,1-3H3,(H,25,26). The van der Waals surface area contributed by atoms with Crippen molar-refractivity contribution in [3.63, 3.8) is 0 Å². The lowest BCUT2D eigenvalue weighted by atomic mass is 10.0. The van der Waals surface area contributed by atoms with Crippen LogP contribution in [0.3, 0.4) is 0 Å². The third-order valence-electron chi connectivity index (χ3n) is 4.69. The predicted molar refractivity (Wildman–Crippen MR) is 111 cm³/mol. The van der Waals surface area contributed by atoms with Gasteiger partial charge in [0, 0.05) is 18.7 Å². The van der Waals surface area contributed by atoms with Crippen LogP contribution in [0.4, 0.5) is 5.82 Å². The summed E-state index contributed by atoms with van der Waals surface area (Å²) in [5.74, 6) is -0.197. The zero-order valence-electron chi connectivity index (χ0n) is 15.3. The van der Waals surface area contributed by atoms with Gasteiger partial charge in [-0.1, -0.05) is 36.4 Å². The normalized spacial score (nSPS) is 11.4. The second-order valence-electron chi connectivity index (χ2n) is 6.77. The molecular formula is C21H19N3O2S. The maximum absolute atomic E-state index is 11.3. The lowest BCUT2D eigenvalue weighted by molar-refractivity contribution is 0.0702. The molecule has 2 aromatic carbocycles. The first kappa shape index (κ1) is 17.4. The zero-order valence-corrected chi connectivity index (χ0v) is 16.1. The number of aromatic nitrogens is 2. The molecule has 6 heteroatoms. The van der Waals surface area contributed by atoms with Crippen LogP contribution in [-0.4, -0.2) is 34.1 Å². The molecule has 136 valence electrons. The molecule has 0 aliphatic heterocycles. The average Bonchev–Trinajstić information content (AvgIpc) is 3.09. The van der Waals surface area contributed by atoms with Crippen LogP contribution in [0.15, 0.2) is 48.5 Å². The SMILES string of the molecule is CC(C)N(C)c1nc2sc(C(=O)O)cc2nc1-c1ccc2ccccc2c1. The number of carboxylic acids is 1. The van der Waals surface area contributed by atoms with Crippen molar-refractivity contribution in [3.05, 3.63) is 53.4 Å². The van der Waals surface area contributed by atoms with Crippen molar-refractivity contribution in [3.8, 4) is 11.3 Å². The average molecular weight is 377 g/mol. The Morgan fingerprint density at radius 3 is 2.52 bits per heavy atom. The van der Waals surface area contributed by atoms with E-state index in [2.05, 4.69) is 43.0 Å². The number of rotatable bonds is 4. The molecule has 0 spiro atoms. The summed E-state index contributed by atoms with van der Waals surface area (Å²) in [6, 6.07) is 16.2. The smallest absolute Gasteiger partial charge is 0.346 e. The van der Waals surface area contributed by atoms with Crippen molar-refractivity contribution in [1.29, 1.82) is 0 Å². The number of carboxylic acid groups (broad SMARTS) is 1. The van der Waals surface area contributed by atoms with E-state index >= 15 is 0 Å². The van der Waals surface area contributed by atoms with Crippen LogP contribution >= 0.6 is 11.3 Å². The van der Waals surface area contributed by atoms with Gasteiger partial charge < -0.3 is 10.0 Å². The van der Waals surface area contributed by atoms with Gasteiger partial charge in [0.05, 0.1) is 0 Å². The Hall–Kier alpha value is -2.99. The summed E-state index contributed by atoms with van der Waals surface area (Å²) in [7, 11) is 1.98. The topological polar surface area (TPSA) is 66.3 Å². The minimum absolute atomic E-state index is 0.231. The van der Waals surface area contributed by atoms with E-state index < -0.39 is 5.97 Å². The largest absolute Gasteiger partial charge is 0.477 e. The molecule has 1 N–H and O–H groups in total. The Labute approximate surface area is 160 Å². The number of hydrogen-bond donors (Lipinski definition) is 1. The Morgan fingerprint density at radius 1 is 1.07 bits per heavy atom. The minimum atomic E-state index is -0.953. The summed E-state index contributed by atoms with van der Waals surface area (Å²) in [5.41, 5.74) is 2.34. The summed E-state index contributed by atoms with van der Waals surface area (Å²) < 4.78 is 0. The van der Waals surface area contributed by atoms with Gasteiger partial charge in [0.1, 0.15) is 20.9 Å². The number of fused-ring (bicyclic) bond motifs is 2. The first-order valence-corrected chi connectivity index (χ1v) is 9.52. The van der Waals surface area contributed by atoms with E-state index in [1.54, 1.807) is 6.07 Å². The van der Waals surface area contributed by atoms with E-state index in [4.69, 9.17) is 9.97 Å². The number of hydrogen-bond acceptors (Lipinski definition) is 5. The number of benzene rings is 2. The number of thiophene rings is 1. The van der Waals surface area contributed by atoms with E-state index in [1.165, 1.54) is 0 Å². The van der Waals surface area contributed by atoms with Crippen molar-refractivity contribution in [2.45, 2.75) is 19.9 Å². The molecule has 0 saturated heterocycles. The van der Waals surface area contributed by atoms with E-state index in [1.807, 2.05) is 25.2 Å². The minimum Gasteiger partial charge on any atom is -0.477 e. The fourth-order valence-electron chi connectivity index (χ4n) is 2.98. The Morgan fingerprint density at radius 2 is 1.81 bits per heavy atom. The van der Waals surface area contributed by atoms with E-state index in [9.17, 15) is 9.90 Å². The third-order valence-corrected chi connectivity index (χ3v) is 5.69. The molecule has 0 unspecified atom stereocenters. The summed E-state index contributed by atoms with van der Waals surface area (Å²) in [6.45, 7) is 4.18. The maximum atomic E-state index is 11.3. The molecule has 0 atom stereocenters. The summed E-state index contributed by atoms with van der Waals surface area (Å²) in [4.78, 5) is 23.9. The quantitative estimate of drug-likeness (QED) is 0.539. The number of carbonyl (C=O) groups is 1. The van der Waals surface area contributed by atoms with Gasteiger partial charge in [-0.2, -0.15) is 0 Å². The highest BCUT2D eigenvalue weighted by atomic mass is 32.1. The molecule has 4 aromatic rings. The van der Waals surface area contributed by atoms with E-state index in [-0.39, 0.29) is 10.9 Å². The van der Waals surface area contributed by atoms with Crippen molar-refractivity contribution in [2.24, 2.45) is 0 Å². The molecule has 2 aromatic heterocycles. The van der Waals surface area contributed by atoms with Crippen LogP contribution in [0.5, 0.6) is 0 Å². The van der Waals surface area contributed by atoms with Gasteiger partial charge in [0.15, 0.2) is 5.82 Å². The van der Waals surface area contributed by atoms with Crippen LogP contribution in [0.25, 0.3) is 32.4 Å². The fraction of sp³-hybridized carbons (Fsp3) is 0.190. The molecule has 0 aliphatic carbocycles. The molecule has 0 radical (unpaired) electrons. The monoisotopic (exact) mass is 377 g/mol. The molecule has 0 amide bonds. The zero-order chi connectivity index (χ0) is 19.1. The second-order valence-corrected chi connectivity index (χ2v) is 7.80. The Bertz CT molecular complexity index is 1170. The lowest BCUT2D eigenvalue weighted by Crippen LogP contribution is -2.27. The summed E-state index contributed by atoms with van der Waals surface area (Å²) in [5, 5.41) is 11.6. The summed E-state index contributed by atoms with van der Waals surface area (Å²) in [6.07, 6.45) is 0. The van der Waals surface area contributed by atoms with Gasteiger partial charge in [-0.25, -0.2) is 14.8 Å². The highest BCUT2D eigenvalue weighted by Crippen LogP contribution is 2.34. The van der Waals surface area contributed by atoms with Gasteiger partial charge in [-0.15, -0.1) is 11.3 Å². The van der Waals surface area contributed by atoms with Gasteiger partial charge in [-0.3, -0.25) is 0 Å². The molecule has 27 heavy (non-hydrogen) atoms. The van der Waals surface area contributed by atoms with Crippen molar-refractivity contribution in [1.82, 2.24) is 9.97 Å². The first-order chi connectivity index (χ1) is 12.9. The lowest BCUT2D eigenvalue weighted by Gasteiger charge is -2.24. The number of anilines is 1. The van der Waals surface area contributed by atoms with Crippen molar-refractivity contribution >= 4 is 44.2 Å². The van der Waals surface area contributed by atoms with Gasteiger partial charge in [0.25, 0.3) is 0 Å². The number of aromatic carboxylic acids is 1. The van der Waals surface area contributed by atoms with E-state index in [0.717, 1.165) is 39.2 Å². The van der Waals surface area contributed by atoms with Crippen molar-refractivity contribution < 1.29 is 9.90 Å². The maximum Gasteiger partial charge on any atom is 0.346 e. The molecule has 0 aliphatic rings. The van der Waals surface area contributed by atoms with Gasteiger partial charge in [-0.05, 0) is 36.8 Å². The van der Waals surface area contributed by atoms with Crippen molar-refractivity contribution in [2.75, 3.05) is 11.9 Å². The molecule has 5 nitrogen and oxygen atoms in total. The highest BCUT2D eigenvalue weighted by Gasteiger charge is 2.19. The van der Waals surface area contributed by atoms with Crippen LogP contribution in [-0.2, 0) is 0 Å². The van der Waals surface area contributed by atoms with Crippen LogP contribution < -0.4 is 4.90 Å². The summed E-state index contributed by atoms with van der Waals surface area (Å²) >= 11 is 1.16. The van der Waals surface area contributed by atoms with Crippen LogP contribution in [0.1, 0.15) is 23.5 Å². The fourth-order valence-corrected chi connectivity index (χ4v) is 3.79. The molecular weight excluding hydrogens is 358 g/mol. The van der Waals surface area contributed by atoms with Gasteiger partial charge >= 0.3 is 5.97 Å². The molecule has 0 fully saturated rings. The predicted octanol–water partition coefficient (Wildman–Crippen LogP) is 5.05. The highest BCUT2D eigenvalue weighted by molar-refractivity contribution is 7.20. The third kappa shape index (κ3) is 3.13. The molecule has 2 heterocycles. The molecule has 0 bridgehead atoms. The molecule has 0 saturated carbocycles.